The molecule has 1 aromatic rings. The van der Waals surface area contributed by atoms with Crippen LogP contribution in [0.2, 0.25) is 0 Å². The minimum absolute atomic E-state index is 0.0291. The molecule has 2 N–H and O–H groups in total. The van der Waals surface area contributed by atoms with Crippen molar-refractivity contribution >= 4 is 5.69 Å². The van der Waals surface area contributed by atoms with Crippen molar-refractivity contribution < 1.29 is 23.2 Å². The Morgan fingerprint density at radius 3 is 2.67 bits per heavy atom. The van der Waals surface area contributed by atoms with E-state index in [1.807, 2.05) is 0 Å². The van der Waals surface area contributed by atoms with Crippen molar-refractivity contribution in [3.05, 3.63) is 39.7 Å². The van der Waals surface area contributed by atoms with Gasteiger partial charge in [-0.25, -0.2) is 13.2 Å². The zero-order valence-electron chi connectivity index (χ0n) is 9.15. The van der Waals surface area contributed by atoms with Gasteiger partial charge in [-0.15, -0.1) is 0 Å². The summed E-state index contributed by atoms with van der Waals surface area (Å²) in [6, 6.07) is 2.88. The standard InChI is InChI=1S/C10H11F3N2O3/c11-7-1-2-8(15(17)18)6(3-7)4-14-5-9(16)10(12)13/h1-3,9-10,14,16H,4-5H2. The molecule has 0 aliphatic carbocycles. The average molecular weight is 264 g/mol. The third-order valence-electron chi connectivity index (χ3n) is 2.20. The summed E-state index contributed by atoms with van der Waals surface area (Å²) in [4.78, 5) is 9.93. The monoisotopic (exact) mass is 264 g/mol. The molecule has 18 heavy (non-hydrogen) atoms. The van der Waals surface area contributed by atoms with Crippen LogP contribution >= 0.6 is 0 Å². The van der Waals surface area contributed by atoms with Crippen molar-refractivity contribution in [2.75, 3.05) is 6.54 Å². The second kappa shape index (κ2) is 6.31. The fourth-order valence-electron chi connectivity index (χ4n) is 1.32. The number of nitro groups is 1. The Hall–Kier alpha value is -1.67. The summed E-state index contributed by atoms with van der Waals surface area (Å²) in [5, 5.41) is 21.8. The van der Waals surface area contributed by atoms with Crippen LogP contribution in [-0.4, -0.2) is 29.1 Å². The summed E-state index contributed by atoms with van der Waals surface area (Å²) < 4.78 is 36.8. The number of nitrogens with one attached hydrogen (secondary N) is 1. The lowest BCUT2D eigenvalue weighted by molar-refractivity contribution is -0.385. The van der Waals surface area contributed by atoms with Crippen molar-refractivity contribution in [1.29, 1.82) is 0 Å². The molecular formula is C10H11F3N2O3. The van der Waals surface area contributed by atoms with Crippen LogP contribution in [0.4, 0.5) is 18.9 Å². The zero-order valence-corrected chi connectivity index (χ0v) is 9.15. The van der Waals surface area contributed by atoms with Crippen LogP contribution in [0.3, 0.4) is 0 Å². The highest BCUT2D eigenvalue weighted by Crippen LogP contribution is 2.19. The molecule has 8 heteroatoms. The number of aliphatic hydroxyl groups is 1. The number of hydrogen-bond acceptors (Lipinski definition) is 4. The molecule has 1 atom stereocenters. The molecule has 0 spiro atoms. The first-order chi connectivity index (χ1) is 8.41. The first-order valence-electron chi connectivity index (χ1n) is 5.01. The van der Waals surface area contributed by atoms with Crippen molar-refractivity contribution in [3.63, 3.8) is 0 Å². The Morgan fingerprint density at radius 1 is 1.44 bits per heavy atom. The molecule has 0 saturated heterocycles. The normalized spacial score (nSPS) is 12.7. The van der Waals surface area contributed by atoms with E-state index in [0.717, 1.165) is 18.2 Å². The van der Waals surface area contributed by atoms with Crippen LogP contribution in [0.5, 0.6) is 0 Å². The van der Waals surface area contributed by atoms with E-state index >= 15 is 0 Å². The van der Waals surface area contributed by atoms with E-state index in [1.165, 1.54) is 0 Å². The molecule has 0 saturated carbocycles. The number of nitro benzene ring substituents is 1. The van der Waals surface area contributed by atoms with Gasteiger partial charge in [0, 0.05) is 24.7 Å². The number of halogens is 3. The maximum atomic E-state index is 12.9. The van der Waals surface area contributed by atoms with Gasteiger partial charge in [0.15, 0.2) is 0 Å². The molecule has 0 aliphatic rings. The van der Waals surface area contributed by atoms with Crippen molar-refractivity contribution in [1.82, 2.24) is 5.32 Å². The Kier molecular flexibility index (Phi) is 5.05. The molecule has 0 aromatic heterocycles. The molecular weight excluding hydrogens is 253 g/mol. The summed E-state index contributed by atoms with van der Waals surface area (Å²) >= 11 is 0. The molecule has 0 fully saturated rings. The van der Waals surface area contributed by atoms with E-state index in [0.29, 0.717) is 0 Å². The highest BCUT2D eigenvalue weighted by Gasteiger charge is 2.18. The molecule has 0 heterocycles. The Labute approximate surface area is 100 Å². The van der Waals surface area contributed by atoms with Crippen molar-refractivity contribution in [3.8, 4) is 0 Å². The third kappa shape index (κ3) is 3.97. The van der Waals surface area contributed by atoms with E-state index < -0.39 is 29.8 Å². The smallest absolute Gasteiger partial charge is 0.274 e. The highest BCUT2D eigenvalue weighted by molar-refractivity contribution is 5.40. The van der Waals surface area contributed by atoms with Gasteiger partial charge in [-0.1, -0.05) is 0 Å². The van der Waals surface area contributed by atoms with Gasteiger partial charge < -0.3 is 10.4 Å². The van der Waals surface area contributed by atoms with Gasteiger partial charge in [0.05, 0.1) is 4.92 Å². The predicted octanol–water partition coefficient (Wildman–Crippen LogP) is 1.45. The number of nitrogens with zero attached hydrogens (tertiary/aromatic N) is 1. The molecule has 0 amide bonds. The van der Waals surface area contributed by atoms with Crippen LogP contribution in [-0.2, 0) is 6.54 Å². The first-order valence-corrected chi connectivity index (χ1v) is 5.01. The highest BCUT2D eigenvalue weighted by atomic mass is 19.3. The van der Waals surface area contributed by atoms with E-state index in [4.69, 9.17) is 5.11 Å². The Bertz CT molecular complexity index is 429. The lowest BCUT2D eigenvalue weighted by Gasteiger charge is -2.10. The van der Waals surface area contributed by atoms with E-state index in [-0.39, 0.29) is 17.8 Å². The van der Waals surface area contributed by atoms with E-state index in [9.17, 15) is 23.3 Å². The fourth-order valence-corrected chi connectivity index (χ4v) is 1.32. The van der Waals surface area contributed by atoms with Gasteiger partial charge in [-0.3, -0.25) is 10.1 Å². The van der Waals surface area contributed by atoms with Crippen molar-refractivity contribution in [2.45, 2.75) is 19.1 Å². The molecule has 0 aliphatic heterocycles. The fraction of sp³-hybridized carbons (Fsp3) is 0.400. The van der Waals surface area contributed by atoms with Gasteiger partial charge in [0.1, 0.15) is 11.9 Å². The number of alkyl halides is 2. The second-order valence-electron chi connectivity index (χ2n) is 3.56. The lowest BCUT2D eigenvalue weighted by Crippen LogP contribution is -2.31. The summed E-state index contributed by atoms with van der Waals surface area (Å²) in [6.45, 7) is -0.622. The molecule has 0 bridgehead atoms. The van der Waals surface area contributed by atoms with Crippen LogP contribution in [0.1, 0.15) is 5.56 Å². The summed E-state index contributed by atoms with van der Waals surface area (Å²) in [5.74, 6) is -0.660. The Balaban J connectivity index is 2.66. The maximum absolute atomic E-state index is 12.9. The van der Waals surface area contributed by atoms with Gasteiger partial charge >= 0.3 is 0 Å². The topological polar surface area (TPSA) is 75.4 Å². The van der Waals surface area contributed by atoms with Crippen LogP contribution in [0.25, 0.3) is 0 Å². The third-order valence-corrected chi connectivity index (χ3v) is 2.20. The number of hydrogen-bond donors (Lipinski definition) is 2. The first kappa shape index (κ1) is 14.4. The summed E-state index contributed by atoms with van der Waals surface area (Å²) in [5.41, 5.74) is -0.281. The molecule has 1 aromatic carbocycles. The average Bonchev–Trinajstić information content (AvgIpc) is 2.28. The quantitative estimate of drug-likeness (QED) is 0.602. The second-order valence-corrected chi connectivity index (χ2v) is 3.56. The molecule has 0 radical (unpaired) electrons. The van der Waals surface area contributed by atoms with Gasteiger partial charge in [0.25, 0.3) is 12.1 Å². The van der Waals surface area contributed by atoms with Crippen LogP contribution < -0.4 is 5.32 Å². The molecule has 100 valence electrons. The zero-order chi connectivity index (χ0) is 13.7. The van der Waals surface area contributed by atoms with E-state index in [2.05, 4.69) is 5.32 Å². The van der Waals surface area contributed by atoms with Crippen LogP contribution in [0.15, 0.2) is 18.2 Å². The molecule has 1 unspecified atom stereocenters. The SMILES string of the molecule is O=[N+]([O-])c1ccc(F)cc1CNCC(O)C(F)F. The summed E-state index contributed by atoms with van der Waals surface area (Å²) in [6.07, 6.45) is -4.77. The van der Waals surface area contributed by atoms with Gasteiger partial charge in [-0.05, 0) is 12.1 Å². The Morgan fingerprint density at radius 2 is 2.11 bits per heavy atom. The van der Waals surface area contributed by atoms with Gasteiger partial charge in [-0.2, -0.15) is 0 Å². The number of benzene rings is 1. The molecule has 1 rings (SSSR count). The van der Waals surface area contributed by atoms with Gasteiger partial charge in [0.2, 0.25) is 0 Å². The minimum atomic E-state index is -2.90. The largest absolute Gasteiger partial charge is 0.386 e. The van der Waals surface area contributed by atoms with Crippen LogP contribution in [0, 0.1) is 15.9 Å². The number of rotatable bonds is 6. The molecule has 5 nitrogen and oxygen atoms in total. The van der Waals surface area contributed by atoms with E-state index in [1.54, 1.807) is 0 Å². The van der Waals surface area contributed by atoms with Crippen molar-refractivity contribution in [2.24, 2.45) is 0 Å². The lowest BCUT2D eigenvalue weighted by atomic mass is 10.1. The minimum Gasteiger partial charge on any atom is -0.386 e. The maximum Gasteiger partial charge on any atom is 0.274 e. The summed E-state index contributed by atoms with van der Waals surface area (Å²) in [7, 11) is 0. The predicted molar refractivity (Wildman–Crippen MR) is 56.8 cm³/mol. The number of aliphatic hydroxyl groups excluding tert-OH is 1.